The van der Waals surface area contributed by atoms with Crippen LogP contribution in [0.3, 0.4) is 0 Å². The quantitative estimate of drug-likeness (QED) is 0.126. The third-order valence-electron chi connectivity index (χ3n) is 5.47. The Balaban J connectivity index is 1.64. The van der Waals surface area contributed by atoms with Crippen LogP contribution in [0.5, 0.6) is 0 Å². The number of carbonyl (C=O) groups excluding carboxylic acids is 4. The molecule has 1 saturated heterocycles. The van der Waals surface area contributed by atoms with Crippen molar-refractivity contribution in [2.75, 3.05) is 19.8 Å². The van der Waals surface area contributed by atoms with Gasteiger partial charge in [0.15, 0.2) is 6.29 Å². The fourth-order valence-corrected chi connectivity index (χ4v) is 3.56. The molecule has 186 valence electrons. The lowest BCUT2D eigenvalue weighted by atomic mass is 9.97. The molecule has 5 unspecified atom stereocenters. The summed E-state index contributed by atoms with van der Waals surface area (Å²) in [5.74, 6) is -2.03. The summed E-state index contributed by atoms with van der Waals surface area (Å²) in [4.78, 5) is 46.1. The van der Waals surface area contributed by atoms with Gasteiger partial charge in [-0.05, 0) is 32.6 Å². The van der Waals surface area contributed by atoms with Crippen LogP contribution in [0.2, 0.25) is 0 Å². The van der Waals surface area contributed by atoms with Crippen molar-refractivity contribution < 1.29 is 48.7 Å². The number of nitrogens with one attached hydrogen (secondary N) is 2. The van der Waals surface area contributed by atoms with Gasteiger partial charge in [0.1, 0.15) is 24.4 Å². The number of amides is 2. The average molecular weight is 472 g/mol. The molecule has 0 radical (unpaired) electrons. The summed E-state index contributed by atoms with van der Waals surface area (Å²) in [6.07, 6.45) is -2.60. The van der Waals surface area contributed by atoms with E-state index in [4.69, 9.17) is 9.47 Å². The molecule has 33 heavy (non-hydrogen) atoms. The second-order valence-electron chi connectivity index (χ2n) is 7.99. The van der Waals surface area contributed by atoms with Gasteiger partial charge in [-0.3, -0.25) is 9.59 Å². The summed E-state index contributed by atoms with van der Waals surface area (Å²) in [5, 5.41) is 34.7. The number of esters is 2. The smallest absolute Gasteiger partial charge is 0.342 e. The van der Waals surface area contributed by atoms with Gasteiger partial charge >= 0.3 is 11.9 Å². The molecule has 2 aliphatic heterocycles. The molecule has 2 rings (SSSR count). The van der Waals surface area contributed by atoms with Gasteiger partial charge in [0.2, 0.25) is 11.8 Å². The van der Waals surface area contributed by atoms with Gasteiger partial charge in [-0.2, -0.15) is 0 Å². The van der Waals surface area contributed by atoms with Gasteiger partial charge in [-0.25, -0.2) is 9.59 Å². The molecular formula is C21H32N2O10. The minimum atomic E-state index is -1.37. The third-order valence-corrected chi connectivity index (χ3v) is 5.47. The number of aliphatic hydroxyl groups is 3. The lowest BCUT2D eigenvalue weighted by molar-refractivity contribution is -0.270. The molecular weight excluding hydrogens is 440 g/mol. The molecule has 0 aliphatic carbocycles. The maximum absolute atomic E-state index is 11.9. The maximum atomic E-state index is 11.9. The van der Waals surface area contributed by atoms with Gasteiger partial charge in [0, 0.05) is 37.6 Å². The molecule has 0 aromatic rings. The first-order chi connectivity index (χ1) is 15.6. The van der Waals surface area contributed by atoms with Crippen LogP contribution in [0.15, 0.2) is 11.1 Å². The number of aliphatic hydroxyl groups excluding tert-OH is 3. The van der Waals surface area contributed by atoms with E-state index in [9.17, 15) is 34.5 Å². The van der Waals surface area contributed by atoms with Crippen LogP contribution < -0.4 is 10.6 Å². The molecule has 12 heteroatoms. The minimum Gasteiger partial charge on any atom is -0.394 e. The van der Waals surface area contributed by atoms with E-state index in [1.54, 1.807) is 0 Å². The van der Waals surface area contributed by atoms with E-state index in [0.717, 1.165) is 0 Å². The molecule has 0 aromatic carbocycles. The summed E-state index contributed by atoms with van der Waals surface area (Å²) < 4.78 is 15.6. The highest BCUT2D eigenvalue weighted by atomic mass is 16.7. The van der Waals surface area contributed by atoms with E-state index >= 15 is 0 Å². The third kappa shape index (κ3) is 7.57. The van der Waals surface area contributed by atoms with Crippen LogP contribution in [-0.4, -0.2) is 89.5 Å². The maximum Gasteiger partial charge on any atom is 0.342 e. The highest BCUT2D eigenvalue weighted by molar-refractivity contribution is 6.12. The Hall–Kier alpha value is -2.38. The topological polar surface area (TPSA) is 181 Å². The Bertz CT molecular complexity index is 768. The summed E-state index contributed by atoms with van der Waals surface area (Å²) in [5.41, 5.74) is 0.471. The van der Waals surface area contributed by atoms with Gasteiger partial charge in [-0.15, -0.1) is 0 Å². The number of ether oxygens (including phenoxy) is 3. The number of carbonyl (C=O) groups is 4. The SMILES string of the molecule is CC(=O)NC1C(OCCCCCNC(=O)CCC2=C(C)C(=O)OC2=O)OC(CO)C(O)C1O. The molecule has 0 aromatic heterocycles. The molecule has 2 aliphatic rings. The van der Waals surface area contributed by atoms with E-state index in [-0.39, 0.29) is 36.5 Å². The Morgan fingerprint density at radius 2 is 1.82 bits per heavy atom. The molecule has 5 atom stereocenters. The van der Waals surface area contributed by atoms with Crippen molar-refractivity contribution >= 4 is 23.8 Å². The molecule has 5 N–H and O–H groups in total. The number of unbranched alkanes of at least 4 members (excludes halogenated alkanes) is 2. The first-order valence-corrected chi connectivity index (χ1v) is 10.9. The van der Waals surface area contributed by atoms with Crippen LogP contribution in [-0.2, 0) is 33.4 Å². The van der Waals surface area contributed by atoms with Gasteiger partial charge in [0.05, 0.1) is 6.61 Å². The lowest BCUT2D eigenvalue weighted by Crippen LogP contribution is -2.64. The Morgan fingerprint density at radius 1 is 1.09 bits per heavy atom. The Kier molecular flexibility index (Phi) is 10.4. The zero-order valence-corrected chi connectivity index (χ0v) is 18.7. The molecule has 0 spiro atoms. The Morgan fingerprint density at radius 3 is 2.42 bits per heavy atom. The molecule has 1 fully saturated rings. The van der Waals surface area contributed by atoms with Crippen LogP contribution in [0.4, 0.5) is 0 Å². The standard InChI is InChI=1S/C21H32N2O10/c1-11-13(20(30)33-19(11)29)6-7-15(26)22-8-4-3-5-9-31-21-16(23-12(2)25)18(28)17(27)14(10-24)32-21/h14,16-18,21,24,27-28H,3-10H2,1-2H3,(H,22,26)(H,23,25). The molecule has 2 amide bonds. The summed E-state index contributed by atoms with van der Waals surface area (Å²) >= 11 is 0. The fraction of sp³-hybridized carbons (Fsp3) is 0.714. The van der Waals surface area contributed by atoms with E-state index in [1.807, 2.05) is 0 Å². The van der Waals surface area contributed by atoms with Crippen molar-refractivity contribution in [2.45, 2.75) is 76.6 Å². The highest BCUT2D eigenvalue weighted by Gasteiger charge is 2.45. The van der Waals surface area contributed by atoms with Crippen molar-refractivity contribution in [1.82, 2.24) is 10.6 Å². The van der Waals surface area contributed by atoms with Crippen molar-refractivity contribution in [3.8, 4) is 0 Å². The predicted molar refractivity (Wildman–Crippen MR) is 111 cm³/mol. The highest BCUT2D eigenvalue weighted by Crippen LogP contribution is 2.23. The zero-order chi connectivity index (χ0) is 24.5. The molecule has 2 heterocycles. The average Bonchev–Trinajstić information content (AvgIpc) is 3.01. The minimum absolute atomic E-state index is 0.0714. The van der Waals surface area contributed by atoms with Crippen molar-refractivity contribution in [2.24, 2.45) is 0 Å². The first-order valence-electron chi connectivity index (χ1n) is 10.9. The first kappa shape index (κ1) is 26.9. The largest absolute Gasteiger partial charge is 0.394 e. The van der Waals surface area contributed by atoms with E-state index < -0.39 is 55.1 Å². The van der Waals surface area contributed by atoms with Crippen LogP contribution >= 0.6 is 0 Å². The Labute approximate surface area is 191 Å². The number of hydrogen-bond donors (Lipinski definition) is 5. The van der Waals surface area contributed by atoms with Crippen molar-refractivity contribution in [3.63, 3.8) is 0 Å². The van der Waals surface area contributed by atoms with Gasteiger partial charge < -0.3 is 40.2 Å². The normalized spacial score (nSPS) is 27.5. The molecule has 12 nitrogen and oxygen atoms in total. The van der Waals surface area contributed by atoms with Crippen molar-refractivity contribution in [1.29, 1.82) is 0 Å². The fourth-order valence-electron chi connectivity index (χ4n) is 3.56. The van der Waals surface area contributed by atoms with Crippen molar-refractivity contribution in [3.05, 3.63) is 11.1 Å². The van der Waals surface area contributed by atoms with E-state index in [2.05, 4.69) is 15.4 Å². The molecule has 0 bridgehead atoms. The van der Waals surface area contributed by atoms with Gasteiger partial charge in [0.25, 0.3) is 0 Å². The number of rotatable bonds is 12. The second-order valence-corrected chi connectivity index (χ2v) is 7.99. The number of hydrogen-bond acceptors (Lipinski definition) is 10. The number of cyclic esters (lactones) is 2. The van der Waals surface area contributed by atoms with E-state index in [0.29, 0.717) is 25.8 Å². The summed E-state index contributed by atoms with van der Waals surface area (Å²) in [7, 11) is 0. The monoisotopic (exact) mass is 472 g/mol. The lowest BCUT2D eigenvalue weighted by Gasteiger charge is -2.42. The van der Waals surface area contributed by atoms with Crippen LogP contribution in [0.25, 0.3) is 0 Å². The second kappa shape index (κ2) is 12.8. The van der Waals surface area contributed by atoms with Crippen LogP contribution in [0, 0.1) is 0 Å². The molecule has 0 saturated carbocycles. The summed E-state index contributed by atoms with van der Waals surface area (Å²) in [6.45, 7) is 2.90. The zero-order valence-electron chi connectivity index (χ0n) is 18.7. The van der Waals surface area contributed by atoms with Crippen LogP contribution in [0.1, 0.15) is 46.0 Å². The summed E-state index contributed by atoms with van der Waals surface area (Å²) in [6, 6.07) is -0.981. The van der Waals surface area contributed by atoms with E-state index in [1.165, 1.54) is 13.8 Å². The van der Waals surface area contributed by atoms with Gasteiger partial charge in [-0.1, -0.05) is 0 Å². The predicted octanol–water partition coefficient (Wildman–Crippen LogP) is -1.59.